The van der Waals surface area contributed by atoms with Gasteiger partial charge in [-0.2, -0.15) is 0 Å². The molecule has 1 aliphatic heterocycles. The van der Waals surface area contributed by atoms with Gasteiger partial charge in [-0.1, -0.05) is 12.1 Å². The number of quaternary nitrogens is 1. The molecule has 2 aromatic carbocycles. The van der Waals surface area contributed by atoms with Crippen LogP contribution in [0.15, 0.2) is 48.5 Å². The molecule has 1 heterocycles. The molecule has 0 atom stereocenters. The van der Waals surface area contributed by atoms with E-state index in [2.05, 4.69) is 22.3 Å². The van der Waals surface area contributed by atoms with Crippen LogP contribution in [-0.4, -0.2) is 25.5 Å². The molecule has 126 valence electrons. The van der Waals surface area contributed by atoms with E-state index >= 15 is 0 Å². The second-order valence-corrected chi connectivity index (χ2v) is 6.11. The fraction of sp³-hybridized carbons (Fsp3) is 0.316. The average Bonchev–Trinajstić information content (AvgIpc) is 3.12. The molecule has 0 spiro atoms. The van der Waals surface area contributed by atoms with Crippen molar-refractivity contribution in [2.75, 3.05) is 29.9 Å². The maximum absolute atomic E-state index is 12.8. The van der Waals surface area contributed by atoms with E-state index < -0.39 is 0 Å². The fourth-order valence-electron chi connectivity index (χ4n) is 2.93. The maximum atomic E-state index is 12.8. The number of benzene rings is 2. The topological polar surface area (TPSA) is 49.0 Å². The Hall–Kier alpha value is -2.40. The quantitative estimate of drug-likeness (QED) is 0.853. The third kappa shape index (κ3) is 4.55. The molecule has 3 rings (SSSR count). The molecule has 5 heteroatoms. The van der Waals surface area contributed by atoms with E-state index in [0.29, 0.717) is 13.1 Å². The zero-order valence-electron chi connectivity index (χ0n) is 13.7. The van der Waals surface area contributed by atoms with E-state index in [1.807, 2.05) is 17.4 Å². The lowest BCUT2D eigenvalue weighted by Gasteiger charge is -2.17. The van der Waals surface area contributed by atoms with Crippen molar-refractivity contribution in [2.24, 2.45) is 0 Å². The Labute approximate surface area is 141 Å². The number of anilines is 2. The smallest absolute Gasteiger partial charge is 0.279 e. The minimum absolute atomic E-state index is 0.0361. The summed E-state index contributed by atoms with van der Waals surface area (Å²) in [7, 11) is 0. The number of carbonyl (C=O) groups excluding carboxylic acids is 1. The molecular weight excluding hydrogens is 305 g/mol. The van der Waals surface area contributed by atoms with Gasteiger partial charge in [-0.3, -0.25) is 4.79 Å². The Kier molecular flexibility index (Phi) is 5.43. The Morgan fingerprint density at radius 1 is 1.04 bits per heavy atom. The van der Waals surface area contributed by atoms with E-state index in [-0.39, 0.29) is 11.7 Å². The van der Waals surface area contributed by atoms with Crippen LogP contribution in [0.4, 0.5) is 15.8 Å². The largest absolute Gasteiger partial charge is 0.372 e. The predicted octanol–water partition coefficient (Wildman–Crippen LogP) is 2.13. The van der Waals surface area contributed by atoms with Crippen LogP contribution in [0.1, 0.15) is 18.4 Å². The molecule has 0 aliphatic carbocycles. The number of hydrogen-bond acceptors (Lipinski definition) is 2. The van der Waals surface area contributed by atoms with Crippen LogP contribution in [0, 0.1) is 5.82 Å². The van der Waals surface area contributed by atoms with Gasteiger partial charge in [0, 0.05) is 30.0 Å². The summed E-state index contributed by atoms with van der Waals surface area (Å²) in [4.78, 5) is 14.3. The van der Waals surface area contributed by atoms with Crippen molar-refractivity contribution in [3.8, 4) is 0 Å². The zero-order valence-corrected chi connectivity index (χ0v) is 13.7. The van der Waals surface area contributed by atoms with E-state index in [1.165, 1.54) is 30.7 Å². The highest BCUT2D eigenvalue weighted by molar-refractivity contribution is 5.91. The van der Waals surface area contributed by atoms with Crippen LogP contribution in [0.5, 0.6) is 0 Å². The highest BCUT2D eigenvalue weighted by Crippen LogP contribution is 2.21. The van der Waals surface area contributed by atoms with E-state index in [9.17, 15) is 9.18 Å². The molecule has 3 N–H and O–H groups in total. The minimum Gasteiger partial charge on any atom is -0.372 e. The Bertz CT molecular complexity index is 664. The number of nitrogens with one attached hydrogen (secondary N) is 1. The van der Waals surface area contributed by atoms with Crippen LogP contribution < -0.4 is 15.5 Å². The van der Waals surface area contributed by atoms with Gasteiger partial charge in [0.15, 0.2) is 6.54 Å². The number of halogens is 1. The monoisotopic (exact) mass is 328 g/mol. The van der Waals surface area contributed by atoms with Gasteiger partial charge >= 0.3 is 0 Å². The molecule has 0 aromatic heterocycles. The van der Waals surface area contributed by atoms with Crippen molar-refractivity contribution >= 4 is 17.3 Å². The molecule has 0 unspecified atom stereocenters. The molecule has 1 amide bonds. The van der Waals surface area contributed by atoms with Gasteiger partial charge in [-0.15, -0.1) is 0 Å². The normalized spacial score (nSPS) is 14.0. The summed E-state index contributed by atoms with van der Waals surface area (Å²) in [5.41, 5.74) is 3.03. The fourth-order valence-corrected chi connectivity index (χ4v) is 2.93. The molecule has 1 aliphatic rings. The van der Waals surface area contributed by atoms with Crippen molar-refractivity contribution in [1.29, 1.82) is 0 Å². The first-order valence-corrected chi connectivity index (χ1v) is 8.42. The number of rotatable bonds is 6. The van der Waals surface area contributed by atoms with Gasteiger partial charge in [0.05, 0.1) is 0 Å². The lowest BCUT2D eigenvalue weighted by atomic mass is 10.2. The van der Waals surface area contributed by atoms with E-state index in [1.54, 1.807) is 12.1 Å². The van der Waals surface area contributed by atoms with E-state index in [4.69, 9.17) is 0 Å². The summed E-state index contributed by atoms with van der Waals surface area (Å²) in [6.07, 6.45) is 2.50. The average molecular weight is 328 g/mol. The molecule has 0 radical (unpaired) electrons. The molecular formula is C19H23FN3O+. The number of nitrogens with zero attached hydrogens (tertiary/aromatic N) is 1. The lowest BCUT2D eigenvalue weighted by molar-refractivity contribution is -0.659. The lowest BCUT2D eigenvalue weighted by Crippen LogP contribution is -2.84. The Morgan fingerprint density at radius 2 is 1.71 bits per heavy atom. The van der Waals surface area contributed by atoms with Gasteiger partial charge < -0.3 is 15.5 Å². The second-order valence-electron chi connectivity index (χ2n) is 6.11. The predicted molar refractivity (Wildman–Crippen MR) is 93.4 cm³/mol. The van der Waals surface area contributed by atoms with Crippen LogP contribution in [0.2, 0.25) is 0 Å². The summed E-state index contributed by atoms with van der Waals surface area (Å²) in [6, 6.07) is 14.4. The first-order chi connectivity index (χ1) is 11.7. The number of amides is 1. The van der Waals surface area contributed by atoms with Gasteiger partial charge in [-0.25, -0.2) is 4.39 Å². The maximum Gasteiger partial charge on any atom is 0.279 e. The van der Waals surface area contributed by atoms with Gasteiger partial charge in [-0.05, 0) is 49.2 Å². The van der Waals surface area contributed by atoms with Gasteiger partial charge in [0.1, 0.15) is 12.4 Å². The van der Waals surface area contributed by atoms with Gasteiger partial charge in [0.25, 0.3) is 5.91 Å². The van der Waals surface area contributed by atoms with Crippen molar-refractivity contribution < 1.29 is 14.5 Å². The third-order valence-corrected chi connectivity index (χ3v) is 4.25. The van der Waals surface area contributed by atoms with Gasteiger partial charge in [0.2, 0.25) is 0 Å². The number of hydrogen-bond donors (Lipinski definition) is 2. The van der Waals surface area contributed by atoms with Crippen molar-refractivity contribution in [1.82, 2.24) is 0 Å². The standard InChI is InChI=1S/C19H22FN3O/c20-16-5-3-15(4-6-16)13-21-14-19(24)22-17-7-9-18(10-8-17)23-11-1-2-12-23/h3-10,21H,1-2,11-14H2,(H,22,24)/p+1. The van der Waals surface area contributed by atoms with Crippen molar-refractivity contribution in [2.45, 2.75) is 19.4 Å². The summed E-state index contributed by atoms with van der Waals surface area (Å²) < 4.78 is 12.8. The first kappa shape index (κ1) is 16.5. The molecule has 0 saturated carbocycles. The minimum atomic E-state index is -0.242. The highest BCUT2D eigenvalue weighted by atomic mass is 19.1. The molecule has 2 aromatic rings. The summed E-state index contributed by atoms with van der Waals surface area (Å²) in [6.45, 7) is 3.22. The summed E-state index contributed by atoms with van der Waals surface area (Å²) in [5, 5.41) is 4.81. The van der Waals surface area contributed by atoms with E-state index in [0.717, 1.165) is 24.3 Å². The highest BCUT2D eigenvalue weighted by Gasteiger charge is 2.12. The zero-order chi connectivity index (χ0) is 16.8. The van der Waals surface area contributed by atoms with Crippen LogP contribution in [-0.2, 0) is 11.3 Å². The molecule has 24 heavy (non-hydrogen) atoms. The number of nitrogens with two attached hydrogens (primary N) is 1. The number of carbonyl (C=O) groups is 1. The molecule has 1 saturated heterocycles. The van der Waals surface area contributed by atoms with Crippen LogP contribution in [0.25, 0.3) is 0 Å². The molecule has 1 fully saturated rings. The van der Waals surface area contributed by atoms with Crippen molar-refractivity contribution in [3.05, 3.63) is 59.9 Å². The second kappa shape index (κ2) is 7.93. The molecule has 4 nitrogen and oxygen atoms in total. The molecule has 0 bridgehead atoms. The van der Waals surface area contributed by atoms with Crippen LogP contribution >= 0.6 is 0 Å². The van der Waals surface area contributed by atoms with Crippen LogP contribution in [0.3, 0.4) is 0 Å². The van der Waals surface area contributed by atoms with Crippen molar-refractivity contribution in [3.63, 3.8) is 0 Å². The Morgan fingerprint density at radius 3 is 2.38 bits per heavy atom. The SMILES string of the molecule is O=C(C[NH2+]Cc1ccc(F)cc1)Nc1ccc(N2CCCC2)cc1. The summed E-state index contributed by atoms with van der Waals surface area (Å²) >= 11 is 0. The Balaban J connectivity index is 1.43. The third-order valence-electron chi connectivity index (χ3n) is 4.25. The summed E-state index contributed by atoms with van der Waals surface area (Å²) in [5.74, 6) is -0.278. The first-order valence-electron chi connectivity index (χ1n) is 8.42.